The second-order valence-electron chi connectivity index (χ2n) is 6.00. The molecule has 158 valence electrons. The fourth-order valence-corrected chi connectivity index (χ4v) is 3.79. The van der Waals surface area contributed by atoms with Gasteiger partial charge in [0.05, 0.1) is 16.9 Å². The highest BCUT2D eigenvalue weighted by molar-refractivity contribution is 7.90. The predicted molar refractivity (Wildman–Crippen MR) is 97.2 cm³/mol. The van der Waals surface area contributed by atoms with Crippen molar-refractivity contribution >= 4 is 27.5 Å². The molecule has 0 radical (unpaired) electrons. The fraction of sp³-hybridized carbons (Fsp3) is 0.118. The number of alkyl halides is 3. The van der Waals surface area contributed by atoms with Gasteiger partial charge in [-0.2, -0.15) is 13.2 Å². The standard InChI is InChI=1S/C17H11ClF4N4O3S/c1-9-15(16(27)24-30(28,29)14-5-3-2-4-13(14)19)23-25-26(9)12-7-10(17(20,21)22)6-11(18)8-12/h2-8H,1H3,(H,24,27). The van der Waals surface area contributed by atoms with Crippen molar-refractivity contribution in [3.8, 4) is 5.69 Å². The topological polar surface area (TPSA) is 93.9 Å². The summed E-state index contributed by atoms with van der Waals surface area (Å²) in [6.07, 6.45) is -4.68. The highest BCUT2D eigenvalue weighted by Crippen LogP contribution is 2.33. The van der Waals surface area contributed by atoms with E-state index in [1.54, 1.807) is 4.72 Å². The molecular formula is C17H11ClF4N4O3S. The summed E-state index contributed by atoms with van der Waals surface area (Å²) in [5.74, 6) is -2.31. The summed E-state index contributed by atoms with van der Waals surface area (Å²) in [6.45, 7) is 1.29. The lowest BCUT2D eigenvalue weighted by molar-refractivity contribution is -0.137. The van der Waals surface area contributed by atoms with Crippen LogP contribution in [0.25, 0.3) is 5.69 Å². The van der Waals surface area contributed by atoms with E-state index in [2.05, 4.69) is 10.3 Å². The van der Waals surface area contributed by atoms with Gasteiger partial charge >= 0.3 is 6.18 Å². The van der Waals surface area contributed by atoms with Gasteiger partial charge in [0.15, 0.2) is 5.69 Å². The third kappa shape index (κ3) is 4.28. The molecule has 0 unspecified atom stereocenters. The van der Waals surface area contributed by atoms with E-state index in [9.17, 15) is 30.8 Å². The number of carbonyl (C=O) groups is 1. The third-order valence-electron chi connectivity index (χ3n) is 3.92. The van der Waals surface area contributed by atoms with Crippen molar-refractivity contribution in [1.82, 2.24) is 19.7 Å². The molecule has 0 spiro atoms. The van der Waals surface area contributed by atoms with E-state index in [1.165, 1.54) is 19.1 Å². The molecule has 0 bridgehead atoms. The molecule has 1 N–H and O–H groups in total. The molecular weight excluding hydrogens is 452 g/mol. The Kier molecular flexibility index (Phi) is 5.56. The van der Waals surface area contributed by atoms with Crippen molar-refractivity contribution in [3.63, 3.8) is 0 Å². The van der Waals surface area contributed by atoms with Gasteiger partial charge in [-0.15, -0.1) is 5.10 Å². The fourth-order valence-electron chi connectivity index (χ4n) is 2.53. The Hall–Kier alpha value is -2.99. The van der Waals surface area contributed by atoms with Gasteiger partial charge in [-0.1, -0.05) is 28.9 Å². The predicted octanol–water partition coefficient (Wildman–Crippen LogP) is 3.51. The molecule has 1 amide bonds. The summed E-state index contributed by atoms with van der Waals surface area (Å²) in [4.78, 5) is 11.6. The molecule has 1 heterocycles. The lowest BCUT2D eigenvalue weighted by Crippen LogP contribution is -2.32. The molecule has 1 aromatic heterocycles. The zero-order chi connectivity index (χ0) is 22.3. The van der Waals surface area contributed by atoms with Crippen molar-refractivity contribution in [2.75, 3.05) is 0 Å². The lowest BCUT2D eigenvalue weighted by atomic mass is 10.2. The number of amides is 1. The van der Waals surface area contributed by atoms with Crippen molar-refractivity contribution in [2.45, 2.75) is 18.0 Å². The number of halogens is 5. The molecule has 0 saturated carbocycles. The number of hydrogen-bond donors (Lipinski definition) is 1. The van der Waals surface area contributed by atoms with Gasteiger partial charge in [0.1, 0.15) is 10.7 Å². The number of rotatable bonds is 4. The van der Waals surface area contributed by atoms with Crippen LogP contribution >= 0.6 is 11.6 Å². The Labute approximate surface area is 172 Å². The Bertz CT molecular complexity index is 1240. The minimum Gasteiger partial charge on any atom is -0.266 e. The van der Waals surface area contributed by atoms with E-state index in [1.807, 2.05) is 0 Å². The normalized spacial score (nSPS) is 12.1. The molecule has 7 nitrogen and oxygen atoms in total. The maximum Gasteiger partial charge on any atom is 0.416 e. The first-order chi connectivity index (χ1) is 13.9. The zero-order valence-corrected chi connectivity index (χ0v) is 16.5. The molecule has 0 saturated heterocycles. The van der Waals surface area contributed by atoms with Crippen molar-refractivity contribution in [3.05, 3.63) is 70.3 Å². The molecule has 3 aromatic rings. The van der Waals surface area contributed by atoms with Gasteiger partial charge in [-0.25, -0.2) is 22.2 Å². The molecule has 0 aliphatic carbocycles. The Morgan fingerprint density at radius 3 is 2.47 bits per heavy atom. The second-order valence-corrected chi connectivity index (χ2v) is 8.08. The number of nitrogens with one attached hydrogen (secondary N) is 1. The minimum absolute atomic E-state index is 0.0633. The summed E-state index contributed by atoms with van der Waals surface area (Å²) in [5.41, 5.74) is -1.74. The first kappa shape index (κ1) is 21.7. The first-order valence-electron chi connectivity index (χ1n) is 8.02. The number of nitrogens with zero attached hydrogens (tertiary/aromatic N) is 3. The van der Waals surface area contributed by atoms with Crippen LogP contribution in [0.2, 0.25) is 5.02 Å². The van der Waals surface area contributed by atoms with Crippen LogP contribution in [0.3, 0.4) is 0 Å². The summed E-state index contributed by atoms with van der Waals surface area (Å²) in [7, 11) is -4.56. The van der Waals surface area contributed by atoms with E-state index in [4.69, 9.17) is 11.6 Å². The number of hydrogen-bond acceptors (Lipinski definition) is 5. The smallest absolute Gasteiger partial charge is 0.266 e. The van der Waals surface area contributed by atoms with Gasteiger partial charge in [-0.3, -0.25) is 4.79 Å². The van der Waals surface area contributed by atoms with Crippen molar-refractivity contribution in [2.24, 2.45) is 0 Å². The van der Waals surface area contributed by atoms with Crippen LogP contribution in [0.1, 0.15) is 21.7 Å². The first-order valence-corrected chi connectivity index (χ1v) is 9.88. The highest BCUT2D eigenvalue weighted by Gasteiger charge is 2.32. The summed E-state index contributed by atoms with van der Waals surface area (Å²) in [6, 6.07) is 7.01. The average Bonchev–Trinajstić information content (AvgIpc) is 3.02. The number of aromatic nitrogens is 3. The van der Waals surface area contributed by atoms with Crippen molar-refractivity contribution in [1.29, 1.82) is 0 Å². The number of benzene rings is 2. The SMILES string of the molecule is Cc1c(C(=O)NS(=O)(=O)c2ccccc2F)nnn1-c1cc(Cl)cc(C(F)(F)F)c1. The van der Waals surface area contributed by atoms with Gasteiger partial charge < -0.3 is 0 Å². The monoisotopic (exact) mass is 462 g/mol. The molecule has 0 fully saturated rings. The van der Waals surface area contributed by atoms with Gasteiger partial charge in [-0.05, 0) is 37.3 Å². The Morgan fingerprint density at radius 2 is 1.83 bits per heavy atom. The van der Waals surface area contributed by atoms with E-state index < -0.39 is 44.1 Å². The van der Waals surface area contributed by atoms with E-state index in [0.29, 0.717) is 6.07 Å². The summed E-state index contributed by atoms with van der Waals surface area (Å²) < 4.78 is 79.8. The maximum absolute atomic E-state index is 13.7. The third-order valence-corrected chi connectivity index (χ3v) is 5.50. The Balaban J connectivity index is 1.95. The lowest BCUT2D eigenvalue weighted by Gasteiger charge is -2.11. The van der Waals surface area contributed by atoms with Crippen LogP contribution in [-0.2, 0) is 16.2 Å². The van der Waals surface area contributed by atoms with Crippen LogP contribution in [-0.4, -0.2) is 29.3 Å². The molecule has 2 aromatic carbocycles. The average molecular weight is 463 g/mol. The molecule has 0 atom stereocenters. The van der Waals surface area contributed by atoms with Gasteiger partial charge in [0, 0.05) is 5.02 Å². The Morgan fingerprint density at radius 1 is 1.17 bits per heavy atom. The number of carbonyl (C=O) groups excluding carboxylic acids is 1. The quantitative estimate of drug-likeness (QED) is 0.599. The summed E-state index contributed by atoms with van der Waals surface area (Å²) in [5, 5.41) is 6.90. The van der Waals surface area contributed by atoms with Crippen LogP contribution in [0.15, 0.2) is 47.4 Å². The number of sulfonamides is 1. The van der Waals surface area contributed by atoms with Gasteiger partial charge in [0.25, 0.3) is 15.9 Å². The maximum atomic E-state index is 13.7. The summed E-state index contributed by atoms with van der Waals surface area (Å²) >= 11 is 5.74. The van der Waals surface area contributed by atoms with Crippen LogP contribution < -0.4 is 4.72 Å². The van der Waals surface area contributed by atoms with E-state index in [-0.39, 0.29) is 16.4 Å². The highest BCUT2D eigenvalue weighted by atomic mass is 35.5. The largest absolute Gasteiger partial charge is 0.416 e. The molecule has 0 aliphatic rings. The minimum atomic E-state index is -4.68. The van der Waals surface area contributed by atoms with Crippen LogP contribution in [0.5, 0.6) is 0 Å². The molecule has 0 aliphatic heterocycles. The second kappa shape index (κ2) is 7.69. The molecule has 13 heteroatoms. The van der Waals surface area contributed by atoms with E-state index >= 15 is 0 Å². The van der Waals surface area contributed by atoms with Crippen molar-refractivity contribution < 1.29 is 30.8 Å². The van der Waals surface area contributed by atoms with Crippen LogP contribution in [0.4, 0.5) is 17.6 Å². The van der Waals surface area contributed by atoms with Crippen LogP contribution in [0, 0.1) is 12.7 Å². The zero-order valence-electron chi connectivity index (χ0n) is 14.9. The van der Waals surface area contributed by atoms with Gasteiger partial charge in [0.2, 0.25) is 0 Å². The molecule has 30 heavy (non-hydrogen) atoms. The van der Waals surface area contributed by atoms with E-state index in [0.717, 1.165) is 28.9 Å². The molecule has 3 rings (SSSR count).